The van der Waals surface area contributed by atoms with E-state index in [1.54, 1.807) is 42.5 Å². The fourth-order valence-corrected chi connectivity index (χ4v) is 1.73. The summed E-state index contributed by atoms with van der Waals surface area (Å²) < 4.78 is 5.06. The predicted octanol–water partition coefficient (Wildman–Crippen LogP) is 2.80. The molecule has 1 aromatic carbocycles. The smallest absolute Gasteiger partial charge is 0.244 e. The van der Waals surface area contributed by atoms with Gasteiger partial charge in [0.2, 0.25) is 5.91 Å². The van der Waals surface area contributed by atoms with Crippen molar-refractivity contribution in [3.63, 3.8) is 0 Å². The van der Waals surface area contributed by atoms with Crippen molar-refractivity contribution in [1.29, 1.82) is 0 Å². The van der Waals surface area contributed by atoms with Crippen molar-refractivity contribution < 1.29 is 14.3 Å². The van der Waals surface area contributed by atoms with Gasteiger partial charge in [0, 0.05) is 17.6 Å². The SMILES string of the molecule is O=C(/C=C/c1ccco1)NCC(O)c1ccc(Cl)cc1. The van der Waals surface area contributed by atoms with Crippen LogP contribution in [0.2, 0.25) is 5.02 Å². The van der Waals surface area contributed by atoms with Crippen LogP contribution in [-0.2, 0) is 4.79 Å². The Morgan fingerprint density at radius 2 is 2.10 bits per heavy atom. The Bertz CT molecular complexity index is 576. The van der Waals surface area contributed by atoms with Gasteiger partial charge in [-0.25, -0.2) is 0 Å². The van der Waals surface area contributed by atoms with Gasteiger partial charge in [0.05, 0.1) is 12.4 Å². The second-order valence-corrected chi connectivity index (χ2v) is 4.60. The van der Waals surface area contributed by atoms with Gasteiger partial charge in [-0.2, -0.15) is 0 Å². The van der Waals surface area contributed by atoms with Crippen LogP contribution in [0.4, 0.5) is 0 Å². The molecule has 2 aromatic rings. The molecule has 1 unspecified atom stereocenters. The van der Waals surface area contributed by atoms with Gasteiger partial charge in [0.1, 0.15) is 5.76 Å². The number of carbonyl (C=O) groups excluding carboxylic acids is 1. The zero-order valence-corrected chi connectivity index (χ0v) is 11.4. The van der Waals surface area contributed by atoms with E-state index >= 15 is 0 Å². The summed E-state index contributed by atoms with van der Waals surface area (Å²) in [6.07, 6.45) is 3.67. The third kappa shape index (κ3) is 4.26. The van der Waals surface area contributed by atoms with E-state index in [1.807, 2.05) is 0 Å². The summed E-state index contributed by atoms with van der Waals surface area (Å²) in [4.78, 5) is 11.6. The molecule has 0 aliphatic rings. The van der Waals surface area contributed by atoms with Crippen LogP contribution in [0.3, 0.4) is 0 Å². The number of rotatable bonds is 5. The molecule has 1 amide bonds. The van der Waals surface area contributed by atoms with Crippen LogP contribution in [-0.4, -0.2) is 17.6 Å². The normalized spacial score (nSPS) is 12.5. The maximum Gasteiger partial charge on any atom is 0.244 e. The standard InChI is InChI=1S/C15H14ClNO3/c16-12-5-3-11(4-6-12)14(18)10-17-15(19)8-7-13-2-1-9-20-13/h1-9,14,18H,10H2,(H,17,19)/b8-7+. The van der Waals surface area contributed by atoms with E-state index < -0.39 is 6.10 Å². The van der Waals surface area contributed by atoms with Crippen LogP contribution in [0.25, 0.3) is 6.08 Å². The van der Waals surface area contributed by atoms with Gasteiger partial charge in [-0.05, 0) is 35.9 Å². The highest BCUT2D eigenvalue weighted by molar-refractivity contribution is 6.30. The number of hydrogen-bond acceptors (Lipinski definition) is 3. The molecule has 0 bridgehead atoms. The largest absolute Gasteiger partial charge is 0.465 e. The Kier molecular flexibility index (Phi) is 4.98. The minimum Gasteiger partial charge on any atom is -0.465 e. The van der Waals surface area contributed by atoms with E-state index in [-0.39, 0.29) is 12.5 Å². The van der Waals surface area contributed by atoms with E-state index in [2.05, 4.69) is 5.32 Å². The topological polar surface area (TPSA) is 62.5 Å². The second-order valence-electron chi connectivity index (χ2n) is 4.16. The number of aliphatic hydroxyl groups is 1. The number of carbonyl (C=O) groups is 1. The monoisotopic (exact) mass is 291 g/mol. The van der Waals surface area contributed by atoms with Crippen molar-refractivity contribution in [3.05, 3.63) is 65.1 Å². The first-order valence-corrected chi connectivity index (χ1v) is 6.46. The lowest BCUT2D eigenvalue weighted by Gasteiger charge is -2.11. The zero-order chi connectivity index (χ0) is 14.4. The summed E-state index contributed by atoms with van der Waals surface area (Å²) in [5.41, 5.74) is 0.699. The molecule has 0 saturated heterocycles. The van der Waals surface area contributed by atoms with Gasteiger partial charge in [-0.15, -0.1) is 0 Å². The molecule has 0 saturated carbocycles. The Hall–Kier alpha value is -2.04. The van der Waals surface area contributed by atoms with Gasteiger partial charge < -0.3 is 14.8 Å². The van der Waals surface area contributed by atoms with Crippen LogP contribution >= 0.6 is 11.6 Å². The molecular formula is C15H14ClNO3. The average molecular weight is 292 g/mol. The Morgan fingerprint density at radius 1 is 1.35 bits per heavy atom. The highest BCUT2D eigenvalue weighted by atomic mass is 35.5. The first kappa shape index (κ1) is 14.4. The van der Waals surface area contributed by atoms with Crippen LogP contribution in [0.5, 0.6) is 0 Å². The summed E-state index contributed by atoms with van der Waals surface area (Å²) in [5.74, 6) is 0.299. The highest BCUT2D eigenvalue weighted by Crippen LogP contribution is 2.15. The Morgan fingerprint density at radius 3 is 2.75 bits per heavy atom. The van der Waals surface area contributed by atoms with Crippen molar-refractivity contribution in [1.82, 2.24) is 5.32 Å². The number of amides is 1. The fraction of sp³-hybridized carbons (Fsp3) is 0.133. The summed E-state index contributed by atoms with van der Waals surface area (Å²) >= 11 is 5.76. The van der Waals surface area contributed by atoms with E-state index in [0.29, 0.717) is 16.3 Å². The van der Waals surface area contributed by atoms with Crippen LogP contribution < -0.4 is 5.32 Å². The minimum absolute atomic E-state index is 0.128. The first-order chi connectivity index (χ1) is 9.65. The summed E-state index contributed by atoms with van der Waals surface area (Å²) in [7, 11) is 0. The maximum atomic E-state index is 11.6. The maximum absolute atomic E-state index is 11.6. The fourth-order valence-electron chi connectivity index (χ4n) is 1.60. The molecule has 1 atom stereocenters. The summed E-state index contributed by atoms with van der Waals surface area (Å²) in [6.45, 7) is 0.128. The van der Waals surface area contributed by atoms with Crippen molar-refractivity contribution in [3.8, 4) is 0 Å². The molecule has 0 radical (unpaired) electrons. The molecule has 2 rings (SSSR count). The van der Waals surface area contributed by atoms with Crippen LogP contribution in [0.15, 0.2) is 53.2 Å². The van der Waals surface area contributed by atoms with E-state index in [9.17, 15) is 9.90 Å². The van der Waals surface area contributed by atoms with Crippen LogP contribution in [0, 0.1) is 0 Å². The molecule has 0 aliphatic carbocycles. The Labute approximate surface area is 121 Å². The highest BCUT2D eigenvalue weighted by Gasteiger charge is 2.08. The number of furan rings is 1. The predicted molar refractivity (Wildman–Crippen MR) is 77.2 cm³/mol. The average Bonchev–Trinajstić information content (AvgIpc) is 2.96. The lowest BCUT2D eigenvalue weighted by Crippen LogP contribution is -2.26. The summed E-state index contributed by atoms with van der Waals surface area (Å²) in [6, 6.07) is 10.3. The van der Waals surface area contributed by atoms with Crippen molar-refractivity contribution in [2.75, 3.05) is 6.54 Å². The lowest BCUT2D eigenvalue weighted by atomic mass is 10.1. The molecule has 0 spiro atoms. The number of nitrogens with one attached hydrogen (secondary N) is 1. The molecule has 0 aliphatic heterocycles. The summed E-state index contributed by atoms with van der Waals surface area (Å²) in [5, 5.41) is 13.1. The van der Waals surface area contributed by atoms with Gasteiger partial charge >= 0.3 is 0 Å². The van der Waals surface area contributed by atoms with Crippen LogP contribution in [0.1, 0.15) is 17.4 Å². The third-order valence-electron chi connectivity index (χ3n) is 2.67. The lowest BCUT2D eigenvalue weighted by molar-refractivity contribution is -0.116. The first-order valence-electron chi connectivity index (χ1n) is 6.08. The number of halogens is 1. The molecule has 1 heterocycles. The molecule has 0 fully saturated rings. The van der Waals surface area contributed by atoms with E-state index in [4.69, 9.17) is 16.0 Å². The number of benzene rings is 1. The number of hydrogen-bond donors (Lipinski definition) is 2. The molecular weight excluding hydrogens is 278 g/mol. The Balaban J connectivity index is 1.82. The van der Waals surface area contributed by atoms with Crippen molar-refractivity contribution in [2.45, 2.75) is 6.10 Å². The van der Waals surface area contributed by atoms with Gasteiger partial charge in [0.15, 0.2) is 0 Å². The number of aliphatic hydroxyl groups excluding tert-OH is 1. The van der Waals surface area contributed by atoms with E-state index in [0.717, 1.165) is 0 Å². The third-order valence-corrected chi connectivity index (χ3v) is 2.92. The van der Waals surface area contributed by atoms with Crippen molar-refractivity contribution in [2.24, 2.45) is 0 Å². The van der Waals surface area contributed by atoms with Gasteiger partial charge in [-0.1, -0.05) is 23.7 Å². The minimum atomic E-state index is -0.770. The quantitative estimate of drug-likeness (QED) is 0.833. The second kappa shape index (κ2) is 6.93. The molecule has 4 nitrogen and oxygen atoms in total. The van der Waals surface area contributed by atoms with Crippen molar-refractivity contribution >= 4 is 23.6 Å². The van der Waals surface area contributed by atoms with E-state index in [1.165, 1.54) is 12.3 Å². The molecule has 5 heteroatoms. The zero-order valence-electron chi connectivity index (χ0n) is 10.6. The molecule has 2 N–H and O–H groups in total. The molecule has 104 valence electrons. The molecule has 20 heavy (non-hydrogen) atoms. The molecule has 1 aromatic heterocycles. The van der Waals surface area contributed by atoms with Gasteiger partial charge in [0.25, 0.3) is 0 Å². The van der Waals surface area contributed by atoms with Gasteiger partial charge in [-0.3, -0.25) is 4.79 Å².